The van der Waals surface area contributed by atoms with Gasteiger partial charge in [0.25, 0.3) is 0 Å². The van der Waals surface area contributed by atoms with Crippen LogP contribution in [0.1, 0.15) is 26.7 Å². The molecule has 1 aliphatic heterocycles. The van der Waals surface area contributed by atoms with Crippen molar-refractivity contribution in [3.63, 3.8) is 0 Å². The highest BCUT2D eigenvalue weighted by Crippen LogP contribution is 2.14. The number of hydrogen-bond donors (Lipinski definition) is 6. The minimum atomic E-state index is -0.347. The predicted molar refractivity (Wildman–Crippen MR) is 104 cm³/mol. The molecule has 9 heteroatoms. The maximum Gasteiger partial charge on any atom is 0.321 e. The lowest BCUT2D eigenvalue weighted by atomic mass is 10.1. The van der Waals surface area contributed by atoms with Crippen molar-refractivity contribution < 1.29 is 14.3 Å². The Hall–Kier alpha value is -2.36. The van der Waals surface area contributed by atoms with Crippen molar-refractivity contribution in [3.8, 4) is 5.75 Å². The second kappa shape index (κ2) is 10.7. The number of benzene rings is 1. The monoisotopic (exact) mass is 378 g/mol. The lowest BCUT2D eigenvalue weighted by molar-refractivity contribution is -0.118. The van der Waals surface area contributed by atoms with Crippen molar-refractivity contribution in [2.45, 2.75) is 45.2 Å². The molecule has 0 bridgehead atoms. The summed E-state index contributed by atoms with van der Waals surface area (Å²) in [5, 5.41) is 18.5. The van der Waals surface area contributed by atoms with Gasteiger partial charge in [0, 0.05) is 25.2 Å². The zero-order chi connectivity index (χ0) is 19.6. The Balaban J connectivity index is 1.74. The number of amides is 3. The lowest BCUT2D eigenvalue weighted by Crippen LogP contribution is -2.67. The minimum Gasteiger partial charge on any atom is -0.497 e. The maximum atomic E-state index is 12.2. The van der Waals surface area contributed by atoms with E-state index in [9.17, 15) is 9.59 Å². The number of ether oxygens (including phenoxy) is 1. The molecule has 9 nitrogen and oxygen atoms in total. The predicted octanol–water partition coefficient (Wildman–Crippen LogP) is 0.514. The van der Waals surface area contributed by atoms with Crippen LogP contribution in [0.25, 0.3) is 0 Å². The fourth-order valence-electron chi connectivity index (χ4n) is 2.85. The summed E-state index contributed by atoms with van der Waals surface area (Å²) < 4.78 is 5.10. The molecule has 0 spiro atoms. The van der Waals surface area contributed by atoms with Crippen LogP contribution in [0.2, 0.25) is 0 Å². The first-order valence-electron chi connectivity index (χ1n) is 9.17. The van der Waals surface area contributed by atoms with Crippen LogP contribution < -0.4 is 36.6 Å². The van der Waals surface area contributed by atoms with Crippen LogP contribution in [0.4, 0.5) is 10.5 Å². The smallest absolute Gasteiger partial charge is 0.321 e. The highest BCUT2D eigenvalue weighted by molar-refractivity contribution is 5.89. The SMILES string of the molecule is COc1ccc(NC(=O)NC2NC(C)CC(NCCCNC(C)=O)N2)cc1. The summed E-state index contributed by atoms with van der Waals surface area (Å²) >= 11 is 0. The average Bonchev–Trinajstić information content (AvgIpc) is 2.61. The number of methoxy groups -OCH3 is 1. The molecule has 1 fully saturated rings. The number of rotatable bonds is 8. The third-order valence-corrected chi connectivity index (χ3v) is 4.15. The van der Waals surface area contributed by atoms with Gasteiger partial charge < -0.3 is 26.0 Å². The van der Waals surface area contributed by atoms with Gasteiger partial charge >= 0.3 is 6.03 Å². The molecule has 6 N–H and O–H groups in total. The molecule has 0 aromatic heterocycles. The number of anilines is 1. The van der Waals surface area contributed by atoms with Crippen LogP contribution in [-0.2, 0) is 4.79 Å². The maximum absolute atomic E-state index is 12.2. The van der Waals surface area contributed by atoms with E-state index < -0.39 is 0 Å². The summed E-state index contributed by atoms with van der Waals surface area (Å²) in [6.45, 7) is 5.00. The highest BCUT2D eigenvalue weighted by atomic mass is 16.5. The zero-order valence-electron chi connectivity index (χ0n) is 16.1. The van der Waals surface area contributed by atoms with Gasteiger partial charge in [-0.1, -0.05) is 0 Å². The molecule has 3 unspecified atom stereocenters. The van der Waals surface area contributed by atoms with Crippen molar-refractivity contribution in [2.24, 2.45) is 0 Å². The quantitative estimate of drug-likeness (QED) is 0.367. The van der Waals surface area contributed by atoms with Gasteiger partial charge in [-0.25, -0.2) is 4.79 Å². The Morgan fingerprint density at radius 1 is 1.19 bits per heavy atom. The first-order chi connectivity index (χ1) is 13.0. The Labute approximate surface area is 160 Å². The second-order valence-corrected chi connectivity index (χ2v) is 6.57. The number of hydrogen-bond acceptors (Lipinski definition) is 6. The summed E-state index contributed by atoms with van der Waals surface area (Å²) in [7, 11) is 1.60. The standard InChI is InChI=1S/C18H30N6O3/c1-12-11-16(20-10-4-9-19-13(2)25)23-17(21-12)24-18(26)22-14-5-7-15(27-3)8-6-14/h5-8,12,16-17,20-21,23H,4,9-11H2,1-3H3,(H,19,25)(H2,22,24,26). The van der Waals surface area contributed by atoms with E-state index in [4.69, 9.17) is 4.74 Å². The number of urea groups is 1. The summed E-state index contributed by atoms with van der Waals surface area (Å²) in [5.41, 5.74) is 0.685. The molecule has 3 amide bonds. The van der Waals surface area contributed by atoms with Crippen LogP contribution in [0, 0.1) is 0 Å². The highest BCUT2D eigenvalue weighted by Gasteiger charge is 2.25. The first-order valence-corrected chi connectivity index (χ1v) is 9.17. The van der Waals surface area contributed by atoms with Crippen molar-refractivity contribution in [1.82, 2.24) is 26.6 Å². The summed E-state index contributed by atoms with van der Waals surface area (Å²) in [6.07, 6.45) is 1.46. The van der Waals surface area contributed by atoms with E-state index in [1.165, 1.54) is 6.92 Å². The summed E-state index contributed by atoms with van der Waals surface area (Å²) in [4.78, 5) is 23.1. The third-order valence-electron chi connectivity index (χ3n) is 4.15. The van der Waals surface area contributed by atoms with Gasteiger partial charge in [-0.05, 0) is 50.6 Å². The van der Waals surface area contributed by atoms with E-state index in [1.807, 2.05) is 0 Å². The molecule has 0 radical (unpaired) electrons. The van der Waals surface area contributed by atoms with E-state index >= 15 is 0 Å². The molecular formula is C18H30N6O3. The zero-order valence-corrected chi connectivity index (χ0v) is 16.1. The summed E-state index contributed by atoms with van der Waals surface area (Å²) in [5.74, 6) is 0.716. The van der Waals surface area contributed by atoms with Gasteiger partial charge in [0.1, 0.15) is 12.0 Å². The fourth-order valence-corrected chi connectivity index (χ4v) is 2.85. The van der Waals surface area contributed by atoms with Crippen molar-refractivity contribution in [2.75, 3.05) is 25.5 Å². The largest absolute Gasteiger partial charge is 0.497 e. The fraction of sp³-hybridized carbons (Fsp3) is 0.556. The molecule has 1 aliphatic rings. The molecule has 2 rings (SSSR count). The van der Waals surface area contributed by atoms with Gasteiger partial charge in [0.05, 0.1) is 13.3 Å². The molecule has 1 saturated heterocycles. The van der Waals surface area contributed by atoms with Crippen LogP contribution in [0.5, 0.6) is 5.75 Å². The molecule has 1 aromatic carbocycles. The van der Waals surface area contributed by atoms with E-state index in [1.54, 1.807) is 31.4 Å². The van der Waals surface area contributed by atoms with E-state index in [0.29, 0.717) is 12.2 Å². The molecule has 0 aliphatic carbocycles. The Kier molecular flexibility index (Phi) is 8.31. The topological polar surface area (TPSA) is 116 Å². The van der Waals surface area contributed by atoms with Gasteiger partial charge in [-0.2, -0.15) is 0 Å². The lowest BCUT2D eigenvalue weighted by Gasteiger charge is -2.36. The summed E-state index contributed by atoms with van der Waals surface area (Å²) in [6, 6.07) is 7.07. The number of carbonyl (C=O) groups is 2. The van der Waals surface area contributed by atoms with Gasteiger partial charge in [0.2, 0.25) is 5.91 Å². The van der Waals surface area contributed by atoms with Crippen LogP contribution >= 0.6 is 0 Å². The Morgan fingerprint density at radius 3 is 2.59 bits per heavy atom. The van der Waals surface area contributed by atoms with Gasteiger partial charge in [-0.15, -0.1) is 0 Å². The van der Waals surface area contributed by atoms with Gasteiger partial charge in [0.15, 0.2) is 0 Å². The van der Waals surface area contributed by atoms with Crippen LogP contribution in [-0.4, -0.2) is 50.6 Å². The van der Waals surface area contributed by atoms with Crippen LogP contribution in [0.3, 0.4) is 0 Å². The first kappa shape index (κ1) is 20.9. The van der Waals surface area contributed by atoms with E-state index in [0.717, 1.165) is 25.1 Å². The minimum absolute atomic E-state index is 0.0178. The molecule has 3 atom stereocenters. The van der Waals surface area contributed by atoms with E-state index in [2.05, 4.69) is 38.8 Å². The molecule has 1 aromatic rings. The Bertz CT molecular complexity index is 610. The van der Waals surface area contributed by atoms with Crippen LogP contribution in [0.15, 0.2) is 24.3 Å². The van der Waals surface area contributed by atoms with Gasteiger partial charge in [-0.3, -0.25) is 15.4 Å². The third kappa shape index (κ3) is 7.81. The molecular weight excluding hydrogens is 348 g/mol. The normalized spacial score (nSPS) is 22.0. The number of nitrogens with one attached hydrogen (secondary N) is 6. The van der Waals surface area contributed by atoms with E-state index in [-0.39, 0.29) is 30.4 Å². The second-order valence-electron chi connectivity index (χ2n) is 6.57. The van der Waals surface area contributed by atoms with Crippen molar-refractivity contribution >= 4 is 17.6 Å². The number of carbonyl (C=O) groups excluding carboxylic acids is 2. The Morgan fingerprint density at radius 2 is 1.93 bits per heavy atom. The van der Waals surface area contributed by atoms with Crippen molar-refractivity contribution in [3.05, 3.63) is 24.3 Å². The molecule has 0 saturated carbocycles. The molecule has 1 heterocycles. The molecule has 150 valence electrons. The van der Waals surface area contributed by atoms with Crippen molar-refractivity contribution in [1.29, 1.82) is 0 Å². The molecule has 27 heavy (non-hydrogen) atoms. The average molecular weight is 378 g/mol.